The van der Waals surface area contributed by atoms with Gasteiger partial charge in [0.05, 0.1) is 35.6 Å². The molecule has 0 aliphatic carbocycles. The SMILES string of the molecule is CCCOc1ccc(/C=C2\C(=O)N(c3ccc(S(N)(=O)=O)cc3)N=C2C)cc1OC. The summed E-state index contributed by atoms with van der Waals surface area (Å²) in [7, 11) is -2.25. The fourth-order valence-electron chi connectivity index (χ4n) is 2.91. The molecule has 0 atom stereocenters. The van der Waals surface area contributed by atoms with E-state index in [4.69, 9.17) is 14.6 Å². The number of hydrazone groups is 1. The second-order valence-electron chi connectivity index (χ2n) is 6.66. The highest BCUT2D eigenvalue weighted by Gasteiger charge is 2.29. The van der Waals surface area contributed by atoms with Gasteiger partial charge >= 0.3 is 0 Å². The van der Waals surface area contributed by atoms with Gasteiger partial charge in [0.25, 0.3) is 5.91 Å². The molecule has 0 fully saturated rings. The fraction of sp³-hybridized carbons (Fsp3) is 0.238. The predicted molar refractivity (Wildman–Crippen MR) is 115 cm³/mol. The average Bonchev–Trinajstić information content (AvgIpc) is 3.00. The highest BCUT2D eigenvalue weighted by molar-refractivity contribution is 7.89. The monoisotopic (exact) mass is 429 g/mol. The molecular formula is C21H23N3O5S. The quantitative estimate of drug-likeness (QED) is 0.680. The van der Waals surface area contributed by atoms with Crippen molar-refractivity contribution in [3.63, 3.8) is 0 Å². The van der Waals surface area contributed by atoms with Crippen molar-refractivity contribution in [2.24, 2.45) is 10.2 Å². The standard InChI is InChI=1S/C21H23N3O5S/c1-4-11-29-19-10-5-15(13-20(19)28-3)12-18-14(2)23-24(21(18)25)16-6-8-17(9-7-16)30(22,26)27/h5-10,12-13H,4,11H2,1-3H3,(H2,22,26,27)/b18-12-. The molecule has 2 N–H and O–H groups in total. The molecule has 0 aromatic heterocycles. The second-order valence-corrected chi connectivity index (χ2v) is 8.22. The van der Waals surface area contributed by atoms with Crippen LogP contribution in [0.3, 0.4) is 0 Å². The molecule has 1 heterocycles. The summed E-state index contributed by atoms with van der Waals surface area (Å²) < 4.78 is 33.9. The van der Waals surface area contributed by atoms with Crippen molar-refractivity contribution >= 4 is 33.4 Å². The maximum atomic E-state index is 12.9. The molecule has 30 heavy (non-hydrogen) atoms. The zero-order chi connectivity index (χ0) is 21.9. The van der Waals surface area contributed by atoms with Crippen molar-refractivity contribution in [2.75, 3.05) is 18.7 Å². The number of carbonyl (C=O) groups is 1. The van der Waals surface area contributed by atoms with Gasteiger partial charge in [0.1, 0.15) is 0 Å². The summed E-state index contributed by atoms with van der Waals surface area (Å²) in [5.41, 5.74) is 2.17. The molecule has 1 aliphatic rings. The average molecular weight is 429 g/mol. The van der Waals surface area contributed by atoms with E-state index in [0.29, 0.717) is 35.1 Å². The Kier molecular flexibility index (Phi) is 6.23. The molecule has 0 saturated heterocycles. The molecule has 1 amide bonds. The van der Waals surface area contributed by atoms with Gasteiger partial charge in [0.15, 0.2) is 11.5 Å². The van der Waals surface area contributed by atoms with Crippen LogP contribution in [0.1, 0.15) is 25.8 Å². The van der Waals surface area contributed by atoms with Crippen LogP contribution >= 0.6 is 0 Å². The highest BCUT2D eigenvalue weighted by Crippen LogP contribution is 2.31. The van der Waals surface area contributed by atoms with Crippen molar-refractivity contribution in [3.05, 3.63) is 53.6 Å². The lowest BCUT2D eigenvalue weighted by molar-refractivity contribution is -0.114. The van der Waals surface area contributed by atoms with Crippen LogP contribution < -0.4 is 19.6 Å². The van der Waals surface area contributed by atoms with Crippen molar-refractivity contribution in [2.45, 2.75) is 25.2 Å². The lowest BCUT2D eigenvalue weighted by Gasteiger charge is -2.12. The number of anilines is 1. The van der Waals surface area contributed by atoms with E-state index in [2.05, 4.69) is 5.10 Å². The minimum atomic E-state index is -3.81. The summed E-state index contributed by atoms with van der Waals surface area (Å²) in [4.78, 5) is 12.9. The second kappa shape index (κ2) is 8.68. The lowest BCUT2D eigenvalue weighted by atomic mass is 10.1. The molecule has 1 aliphatic heterocycles. The molecule has 2 aromatic rings. The first-order chi connectivity index (χ1) is 14.2. The maximum absolute atomic E-state index is 12.9. The smallest absolute Gasteiger partial charge is 0.280 e. The minimum Gasteiger partial charge on any atom is -0.493 e. The third-order valence-corrected chi connectivity index (χ3v) is 5.36. The zero-order valence-corrected chi connectivity index (χ0v) is 17.8. The Morgan fingerprint density at radius 1 is 1.13 bits per heavy atom. The van der Waals surface area contributed by atoms with Gasteiger partial charge in [-0.05, 0) is 61.4 Å². The van der Waals surface area contributed by atoms with Crippen molar-refractivity contribution < 1.29 is 22.7 Å². The van der Waals surface area contributed by atoms with E-state index < -0.39 is 10.0 Å². The molecule has 0 spiro atoms. The van der Waals surface area contributed by atoms with E-state index in [1.165, 1.54) is 29.3 Å². The van der Waals surface area contributed by atoms with E-state index in [1.807, 2.05) is 13.0 Å². The summed E-state index contributed by atoms with van der Waals surface area (Å²) in [5, 5.41) is 10.6. The van der Waals surface area contributed by atoms with E-state index in [1.54, 1.807) is 32.2 Å². The van der Waals surface area contributed by atoms with Crippen LogP contribution in [0, 0.1) is 0 Å². The first-order valence-electron chi connectivity index (χ1n) is 9.30. The fourth-order valence-corrected chi connectivity index (χ4v) is 3.42. The zero-order valence-electron chi connectivity index (χ0n) is 17.0. The van der Waals surface area contributed by atoms with Crippen LogP contribution in [0.2, 0.25) is 0 Å². The summed E-state index contributed by atoms with van der Waals surface area (Å²) in [6.45, 7) is 4.34. The number of benzene rings is 2. The predicted octanol–water partition coefficient (Wildman–Crippen LogP) is 2.94. The van der Waals surface area contributed by atoms with Crippen LogP contribution in [0.25, 0.3) is 6.08 Å². The van der Waals surface area contributed by atoms with Gasteiger partial charge in [-0.3, -0.25) is 4.79 Å². The normalized spacial score (nSPS) is 15.5. The third-order valence-electron chi connectivity index (χ3n) is 4.43. The number of nitrogens with zero attached hydrogens (tertiary/aromatic N) is 2. The van der Waals surface area contributed by atoms with Gasteiger partial charge in [0.2, 0.25) is 10.0 Å². The number of hydrogen-bond acceptors (Lipinski definition) is 6. The summed E-state index contributed by atoms with van der Waals surface area (Å²) >= 11 is 0. The van der Waals surface area contributed by atoms with E-state index in [9.17, 15) is 13.2 Å². The lowest BCUT2D eigenvalue weighted by Crippen LogP contribution is -2.21. The van der Waals surface area contributed by atoms with Crippen LogP contribution in [0.15, 0.2) is 58.0 Å². The number of amides is 1. The Hall–Kier alpha value is -3.17. The number of ether oxygens (including phenoxy) is 2. The Labute approximate surface area is 175 Å². The Morgan fingerprint density at radius 3 is 2.43 bits per heavy atom. The number of methoxy groups -OCH3 is 1. The van der Waals surface area contributed by atoms with E-state index in [0.717, 1.165) is 12.0 Å². The number of primary sulfonamides is 1. The molecule has 158 valence electrons. The molecule has 0 bridgehead atoms. The van der Waals surface area contributed by atoms with Crippen molar-refractivity contribution in [3.8, 4) is 11.5 Å². The van der Waals surface area contributed by atoms with E-state index >= 15 is 0 Å². The summed E-state index contributed by atoms with van der Waals surface area (Å²) in [6, 6.07) is 11.1. The molecule has 3 rings (SSSR count). The maximum Gasteiger partial charge on any atom is 0.280 e. The highest BCUT2D eigenvalue weighted by atomic mass is 32.2. The van der Waals surface area contributed by atoms with Gasteiger partial charge in [-0.15, -0.1) is 0 Å². The van der Waals surface area contributed by atoms with Crippen molar-refractivity contribution in [1.82, 2.24) is 0 Å². The molecular weight excluding hydrogens is 406 g/mol. The van der Waals surface area contributed by atoms with Gasteiger partial charge < -0.3 is 9.47 Å². The third kappa shape index (κ3) is 4.52. The minimum absolute atomic E-state index is 0.0353. The molecule has 0 radical (unpaired) electrons. The molecule has 8 nitrogen and oxygen atoms in total. The largest absolute Gasteiger partial charge is 0.493 e. The first kappa shape index (κ1) is 21.5. The van der Waals surface area contributed by atoms with Gasteiger partial charge in [-0.25, -0.2) is 13.6 Å². The molecule has 9 heteroatoms. The van der Waals surface area contributed by atoms with Gasteiger partial charge in [-0.1, -0.05) is 13.0 Å². The number of carbonyl (C=O) groups excluding carboxylic acids is 1. The topological polar surface area (TPSA) is 111 Å². The first-order valence-corrected chi connectivity index (χ1v) is 10.8. The number of nitrogens with two attached hydrogens (primary N) is 1. The Bertz CT molecular complexity index is 1120. The molecule has 0 unspecified atom stereocenters. The number of hydrogen-bond donors (Lipinski definition) is 1. The van der Waals surface area contributed by atoms with Crippen molar-refractivity contribution in [1.29, 1.82) is 0 Å². The molecule has 2 aromatic carbocycles. The van der Waals surface area contributed by atoms with Crippen LogP contribution in [-0.2, 0) is 14.8 Å². The Morgan fingerprint density at radius 2 is 1.83 bits per heavy atom. The van der Waals surface area contributed by atoms with E-state index in [-0.39, 0.29) is 10.8 Å². The van der Waals surface area contributed by atoms with Crippen LogP contribution in [0.5, 0.6) is 11.5 Å². The number of sulfonamides is 1. The van der Waals surface area contributed by atoms with Gasteiger partial charge in [0, 0.05) is 0 Å². The van der Waals surface area contributed by atoms with Crippen LogP contribution in [-0.4, -0.2) is 33.8 Å². The number of rotatable bonds is 7. The van der Waals surface area contributed by atoms with Gasteiger partial charge in [-0.2, -0.15) is 10.1 Å². The summed E-state index contributed by atoms with van der Waals surface area (Å²) in [5.74, 6) is 0.899. The summed E-state index contributed by atoms with van der Waals surface area (Å²) in [6.07, 6.45) is 2.61. The molecule has 0 saturated carbocycles. The van der Waals surface area contributed by atoms with Crippen LogP contribution in [0.4, 0.5) is 5.69 Å². The Balaban J connectivity index is 1.87.